The summed E-state index contributed by atoms with van der Waals surface area (Å²) < 4.78 is 18.4. The van der Waals surface area contributed by atoms with Crippen LogP contribution in [-0.4, -0.2) is 25.7 Å². The minimum atomic E-state index is -0.502. The number of rotatable bonds is 6. The molecule has 1 amide bonds. The predicted octanol–water partition coefficient (Wildman–Crippen LogP) is 2.37. The van der Waals surface area contributed by atoms with Crippen molar-refractivity contribution in [3.05, 3.63) is 35.6 Å². The molecule has 0 bridgehead atoms. The zero-order valence-electron chi connectivity index (χ0n) is 10.2. The van der Waals surface area contributed by atoms with Crippen LogP contribution in [-0.2, 0) is 4.74 Å². The summed E-state index contributed by atoms with van der Waals surface area (Å²) in [5, 5.41) is 2.77. The summed E-state index contributed by atoms with van der Waals surface area (Å²) >= 11 is 0. The molecule has 1 atom stereocenters. The van der Waals surface area contributed by atoms with Gasteiger partial charge in [-0.1, -0.05) is 25.5 Å². The largest absolute Gasteiger partial charge is 0.383 e. The summed E-state index contributed by atoms with van der Waals surface area (Å²) in [4.78, 5) is 11.8. The van der Waals surface area contributed by atoms with Crippen LogP contribution in [0.5, 0.6) is 0 Å². The SMILES string of the molecule is CCCC(COC)NC(=O)c1ccccc1F. The van der Waals surface area contributed by atoms with Crippen LogP contribution in [0.1, 0.15) is 30.1 Å². The average molecular weight is 239 g/mol. The van der Waals surface area contributed by atoms with Crippen LogP contribution in [0.15, 0.2) is 24.3 Å². The van der Waals surface area contributed by atoms with Gasteiger partial charge in [0.15, 0.2) is 0 Å². The molecule has 0 heterocycles. The number of hydrogen-bond donors (Lipinski definition) is 1. The lowest BCUT2D eigenvalue weighted by molar-refractivity contribution is 0.0887. The summed E-state index contributed by atoms with van der Waals surface area (Å²) in [6.07, 6.45) is 1.75. The number of ether oxygens (including phenoxy) is 1. The van der Waals surface area contributed by atoms with Crippen LogP contribution in [0.25, 0.3) is 0 Å². The van der Waals surface area contributed by atoms with Crippen LogP contribution in [0.4, 0.5) is 4.39 Å². The maximum absolute atomic E-state index is 13.4. The van der Waals surface area contributed by atoms with Crippen molar-refractivity contribution in [3.63, 3.8) is 0 Å². The van der Waals surface area contributed by atoms with Gasteiger partial charge in [0.05, 0.1) is 18.2 Å². The van der Waals surface area contributed by atoms with Crippen LogP contribution < -0.4 is 5.32 Å². The Labute approximate surface area is 101 Å². The maximum Gasteiger partial charge on any atom is 0.254 e. The van der Waals surface area contributed by atoms with Gasteiger partial charge in [0.25, 0.3) is 5.91 Å². The van der Waals surface area contributed by atoms with Gasteiger partial charge in [0.1, 0.15) is 5.82 Å². The molecule has 0 spiro atoms. The molecule has 17 heavy (non-hydrogen) atoms. The van der Waals surface area contributed by atoms with E-state index >= 15 is 0 Å². The standard InChI is InChI=1S/C13H18FNO2/c1-3-6-10(9-17-2)15-13(16)11-7-4-5-8-12(11)14/h4-5,7-8,10H,3,6,9H2,1-2H3,(H,15,16). The Balaban J connectivity index is 2.67. The molecule has 1 rings (SSSR count). The van der Waals surface area contributed by atoms with Gasteiger partial charge in [0.2, 0.25) is 0 Å². The second-order valence-electron chi connectivity index (χ2n) is 3.89. The molecule has 1 N–H and O–H groups in total. The van der Waals surface area contributed by atoms with Gasteiger partial charge in [-0.2, -0.15) is 0 Å². The topological polar surface area (TPSA) is 38.3 Å². The molecular formula is C13H18FNO2. The molecule has 0 fully saturated rings. The van der Waals surface area contributed by atoms with Gasteiger partial charge in [-0.25, -0.2) is 4.39 Å². The van der Waals surface area contributed by atoms with Crippen molar-refractivity contribution < 1.29 is 13.9 Å². The molecule has 4 heteroatoms. The smallest absolute Gasteiger partial charge is 0.254 e. The van der Waals surface area contributed by atoms with Crippen LogP contribution in [0.2, 0.25) is 0 Å². The first-order valence-electron chi connectivity index (χ1n) is 5.73. The highest BCUT2D eigenvalue weighted by molar-refractivity contribution is 5.94. The molecule has 0 radical (unpaired) electrons. The number of benzene rings is 1. The fourth-order valence-electron chi connectivity index (χ4n) is 1.66. The monoisotopic (exact) mass is 239 g/mol. The zero-order valence-corrected chi connectivity index (χ0v) is 10.2. The lowest BCUT2D eigenvalue weighted by atomic mass is 10.1. The summed E-state index contributed by atoms with van der Waals surface area (Å²) in [5.74, 6) is -0.892. The Morgan fingerprint density at radius 1 is 1.47 bits per heavy atom. The first kappa shape index (κ1) is 13.6. The van der Waals surface area contributed by atoms with Crippen molar-refractivity contribution >= 4 is 5.91 Å². The lowest BCUT2D eigenvalue weighted by Crippen LogP contribution is -2.38. The minimum absolute atomic E-state index is 0.0721. The third kappa shape index (κ3) is 4.15. The van der Waals surface area contributed by atoms with Crippen LogP contribution in [0, 0.1) is 5.82 Å². The van der Waals surface area contributed by atoms with E-state index in [0.29, 0.717) is 6.61 Å². The number of halogens is 1. The van der Waals surface area contributed by atoms with E-state index in [-0.39, 0.29) is 11.6 Å². The van der Waals surface area contributed by atoms with Crippen molar-refractivity contribution in [1.82, 2.24) is 5.32 Å². The molecule has 3 nitrogen and oxygen atoms in total. The average Bonchev–Trinajstić information content (AvgIpc) is 2.30. The van der Waals surface area contributed by atoms with E-state index in [1.807, 2.05) is 6.92 Å². The highest BCUT2D eigenvalue weighted by Gasteiger charge is 2.15. The van der Waals surface area contributed by atoms with E-state index in [9.17, 15) is 9.18 Å². The van der Waals surface area contributed by atoms with Gasteiger partial charge in [0, 0.05) is 7.11 Å². The fraction of sp³-hybridized carbons (Fsp3) is 0.462. The van der Waals surface area contributed by atoms with Crippen molar-refractivity contribution in [2.45, 2.75) is 25.8 Å². The van der Waals surface area contributed by atoms with Crippen molar-refractivity contribution in [2.75, 3.05) is 13.7 Å². The molecule has 0 saturated heterocycles. The molecule has 0 aliphatic rings. The highest BCUT2D eigenvalue weighted by atomic mass is 19.1. The number of amides is 1. The Hall–Kier alpha value is -1.42. The van der Waals surface area contributed by atoms with E-state index in [0.717, 1.165) is 12.8 Å². The zero-order chi connectivity index (χ0) is 12.7. The molecular weight excluding hydrogens is 221 g/mol. The number of methoxy groups -OCH3 is 1. The molecule has 1 unspecified atom stereocenters. The van der Waals surface area contributed by atoms with E-state index in [4.69, 9.17) is 4.74 Å². The number of nitrogens with one attached hydrogen (secondary N) is 1. The van der Waals surface area contributed by atoms with Crippen LogP contribution in [0.3, 0.4) is 0 Å². The van der Waals surface area contributed by atoms with Gasteiger partial charge in [-0.3, -0.25) is 4.79 Å². The van der Waals surface area contributed by atoms with Gasteiger partial charge in [-0.15, -0.1) is 0 Å². The predicted molar refractivity (Wildman–Crippen MR) is 64.4 cm³/mol. The molecule has 0 aliphatic carbocycles. The Morgan fingerprint density at radius 3 is 2.76 bits per heavy atom. The second-order valence-corrected chi connectivity index (χ2v) is 3.89. The molecule has 0 saturated carbocycles. The molecule has 1 aromatic carbocycles. The van der Waals surface area contributed by atoms with Crippen LogP contribution >= 0.6 is 0 Å². The van der Waals surface area contributed by atoms with Crippen molar-refractivity contribution in [1.29, 1.82) is 0 Å². The summed E-state index contributed by atoms with van der Waals surface area (Å²) in [5.41, 5.74) is 0.0738. The van der Waals surface area contributed by atoms with Gasteiger partial charge < -0.3 is 10.1 Å². The molecule has 0 aliphatic heterocycles. The summed E-state index contributed by atoms with van der Waals surface area (Å²) in [7, 11) is 1.58. The Kier molecular flexibility index (Phi) is 5.63. The quantitative estimate of drug-likeness (QED) is 0.827. The second kappa shape index (κ2) is 7.01. The highest BCUT2D eigenvalue weighted by Crippen LogP contribution is 2.07. The van der Waals surface area contributed by atoms with Crippen molar-refractivity contribution in [3.8, 4) is 0 Å². The molecule has 94 valence electrons. The summed E-state index contributed by atoms with van der Waals surface area (Å²) in [6.45, 7) is 2.46. The third-order valence-electron chi connectivity index (χ3n) is 2.46. The maximum atomic E-state index is 13.4. The third-order valence-corrected chi connectivity index (χ3v) is 2.46. The molecule has 0 aromatic heterocycles. The lowest BCUT2D eigenvalue weighted by Gasteiger charge is -2.17. The Bertz CT molecular complexity index is 362. The van der Waals surface area contributed by atoms with Crippen molar-refractivity contribution in [2.24, 2.45) is 0 Å². The first-order valence-corrected chi connectivity index (χ1v) is 5.73. The fourth-order valence-corrected chi connectivity index (χ4v) is 1.66. The van der Waals surface area contributed by atoms with E-state index in [2.05, 4.69) is 5.32 Å². The Morgan fingerprint density at radius 2 is 2.18 bits per heavy atom. The molecule has 1 aromatic rings. The van der Waals surface area contributed by atoms with E-state index in [1.165, 1.54) is 12.1 Å². The number of carbonyl (C=O) groups excluding carboxylic acids is 1. The van der Waals surface area contributed by atoms with E-state index < -0.39 is 11.7 Å². The number of carbonyl (C=O) groups is 1. The first-order chi connectivity index (χ1) is 8.19. The van der Waals surface area contributed by atoms with E-state index in [1.54, 1.807) is 19.2 Å². The number of hydrogen-bond acceptors (Lipinski definition) is 2. The van der Waals surface area contributed by atoms with Gasteiger partial charge >= 0.3 is 0 Å². The normalized spacial score (nSPS) is 12.2. The summed E-state index contributed by atoms with van der Waals surface area (Å²) in [6, 6.07) is 5.88. The minimum Gasteiger partial charge on any atom is -0.383 e. The van der Waals surface area contributed by atoms with Gasteiger partial charge in [-0.05, 0) is 18.6 Å².